The molecule has 1 heterocycles. The molecule has 0 amide bonds. The predicted molar refractivity (Wildman–Crippen MR) is 135 cm³/mol. The second kappa shape index (κ2) is 10.2. The molecule has 0 saturated heterocycles. The van der Waals surface area contributed by atoms with Crippen molar-refractivity contribution in [1.29, 1.82) is 0 Å². The van der Waals surface area contributed by atoms with Gasteiger partial charge < -0.3 is 0 Å². The van der Waals surface area contributed by atoms with Crippen LogP contribution in [0, 0.1) is 11.6 Å². The largest absolute Gasteiger partial charge is 0.418 e. The molecule has 0 N–H and O–H groups in total. The van der Waals surface area contributed by atoms with Crippen molar-refractivity contribution >= 4 is 22.5 Å². The number of alkyl halides is 6. The Hall–Kier alpha value is -3.92. The van der Waals surface area contributed by atoms with Crippen molar-refractivity contribution in [2.45, 2.75) is 25.3 Å². The van der Waals surface area contributed by atoms with Crippen LogP contribution < -0.4 is 0 Å². The molecule has 2 nitrogen and oxygen atoms in total. The lowest BCUT2D eigenvalue weighted by Crippen LogP contribution is -2.07. The summed E-state index contributed by atoms with van der Waals surface area (Å²) in [5.41, 5.74) is -1.13. The first kappa shape index (κ1) is 27.6. The summed E-state index contributed by atoms with van der Waals surface area (Å²) in [6, 6.07) is 16.2. The number of halogens is 9. The summed E-state index contributed by atoms with van der Waals surface area (Å²) < 4.78 is 111. The molecule has 0 saturated carbocycles. The van der Waals surface area contributed by atoms with Gasteiger partial charge in [-0.3, -0.25) is 4.68 Å². The number of hydrogen-bond donors (Lipinski definition) is 0. The maximum Gasteiger partial charge on any atom is 0.418 e. The Labute approximate surface area is 227 Å². The van der Waals surface area contributed by atoms with Crippen LogP contribution >= 0.6 is 11.6 Å². The quantitative estimate of drug-likeness (QED) is 0.189. The fraction of sp³-hybridized carbons (Fsp3) is 0.138. The number of rotatable bonds is 5. The van der Waals surface area contributed by atoms with E-state index in [1.54, 1.807) is 24.3 Å². The summed E-state index contributed by atoms with van der Waals surface area (Å²) in [5.74, 6) is -1.70. The fourth-order valence-corrected chi connectivity index (χ4v) is 4.69. The zero-order valence-electron chi connectivity index (χ0n) is 20.2. The minimum absolute atomic E-state index is 0.00566. The van der Waals surface area contributed by atoms with E-state index in [0.717, 1.165) is 24.3 Å². The third-order valence-corrected chi connectivity index (χ3v) is 6.62. The minimum Gasteiger partial charge on any atom is -0.259 e. The summed E-state index contributed by atoms with van der Waals surface area (Å²) in [5, 5.41) is 4.51. The highest BCUT2D eigenvalue weighted by Crippen LogP contribution is 2.39. The van der Waals surface area contributed by atoms with Crippen LogP contribution in [0.1, 0.15) is 27.8 Å². The normalized spacial score (nSPS) is 12.3. The predicted octanol–water partition coefficient (Wildman–Crippen LogP) is 9.31. The van der Waals surface area contributed by atoms with E-state index in [1.165, 1.54) is 28.9 Å². The first-order valence-electron chi connectivity index (χ1n) is 11.8. The summed E-state index contributed by atoms with van der Waals surface area (Å²) in [4.78, 5) is 0. The van der Waals surface area contributed by atoms with Crippen LogP contribution in [0.25, 0.3) is 22.2 Å². The fourth-order valence-electron chi connectivity index (χ4n) is 4.53. The van der Waals surface area contributed by atoms with Gasteiger partial charge in [-0.05, 0) is 47.5 Å². The van der Waals surface area contributed by atoms with Gasteiger partial charge in [-0.15, -0.1) is 0 Å². The van der Waals surface area contributed by atoms with Gasteiger partial charge in [0.15, 0.2) is 0 Å². The Bertz CT molecular complexity index is 1720. The lowest BCUT2D eigenvalue weighted by atomic mass is 9.98. The summed E-state index contributed by atoms with van der Waals surface area (Å²) in [7, 11) is 0. The molecule has 5 rings (SSSR count). The van der Waals surface area contributed by atoms with E-state index in [9.17, 15) is 35.1 Å². The topological polar surface area (TPSA) is 17.8 Å². The van der Waals surface area contributed by atoms with E-state index in [4.69, 9.17) is 11.6 Å². The van der Waals surface area contributed by atoms with Gasteiger partial charge in [0, 0.05) is 28.0 Å². The molecule has 0 unspecified atom stereocenters. The Morgan fingerprint density at radius 2 is 1.43 bits per heavy atom. The molecule has 40 heavy (non-hydrogen) atoms. The van der Waals surface area contributed by atoms with Gasteiger partial charge in [0.1, 0.15) is 17.2 Å². The standard InChI is InChI=1S/C29H17ClF8N2/c30-21-10-8-19(25(32)14-21)15-40-27(22-5-2-6-23(26(22)39-40)29(36,37)38)18-4-1-3-16(12-18)11-17-7-9-20(13-24(17)31)28(33,34)35/h1-10,12-14H,11,15H2. The second-order valence-electron chi connectivity index (χ2n) is 9.12. The molecule has 5 aromatic rings. The highest BCUT2D eigenvalue weighted by atomic mass is 35.5. The van der Waals surface area contributed by atoms with Gasteiger partial charge in [0.05, 0.1) is 23.4 Å². The molecule has 0 atom stereocenters. The van der Waals surface area contributed by atoms with E-state index >= 15 is 0 Å². The third-order valence-electron chi connectivity index (χ3n) is 6.39. The number of hydrogen-bond acceptors (Lipinski definition) is 1. The van der Waals surface area contributed by atoms with Gasteiger partial charge in [-0.2, -0.15) is 31.4 Å². The maximum atomic E-state index is 14.6. The van der Waals surface area contributed by atoms with Crippen molar-refractivity contribution in [2.75, 3.05) is 0 Å². The van der Waals surface area contributed by atoms with E-state index in [-0.39, 0.29) is 45.7 Å². The third kappa shape index (κ3) is 5.54. The highest BCUT2D eigenvalue weighted by molar-refractivity contribution is 6.30. The van der Waals surface area contributed by atoms with Crippen molar-refractivity contribution in [2.24, 2.45) is 0 Å². The van der Waals surface area contributed by atoms with Gasteiger partial charge in [0.2, 0.25) is 0 Å². The first-order chi connectivity index (χ1) is 18.8. The van der Waals surface area contributed by atoms with E-state index in [2.05, 4.69) is 5.10 Å². The molecule has 206 valence electrons. The smallest absolute Gasteiger partial charge is 0.259 e. The van der Waals surface area contributed by atoms with Gasteiger partial charge in [0.25, 0.3) is 0 Å². The molecule has 1 aromatic heterocycles. The minimum atomic E-state index is -4.70. The van der Waals surface area contributed by atoms with Crippen LogP contribution in [0.2, 0.25) is 5.02 Å². The first-order valence-corrected chi connectivity index (χ1v) is 12.1. The lowest BCUT2D eigenvalue weighted by Gasteiger charge is -2.12. The molecule has 0 aliphatic carbocycles. The molecule has 11 heteroatoms. The summed E-state index contributed by atoms with van der Waals surface area (Å²) >= 11 is 5.84. The monoisotopic (exact) mass is 580 g/mol. The van der Waals surface area contributed by atoms with E-state index in [0.29, 0.717) is 17.2 Å². The van der Waals surface area contributed by atoms with Gasteiger partial charge >= 0.3 is 12.4 Å². The number of nitrogens with zero attached hydrogens (tertiary/aromatic N) is 2. The van der Waals surface area contributed by atoms with Gasteiger partial charge in [-0.1, -0.05) is 54.1 Å². The molecule has 4 aromatic carbocycles. The number of fused-ring (bicyclic) bond motifs is 1. The van der Waals surface area contributed by atoms with Gasteiger partial charge in [-0.25, -0.2) is 8.78 Å². The SMILES string of the molecule is Fc1cc(C(F)(F)F)ccc1Cc1cccc(-c2c3cccc(C(F)(F)F)c3nn2Cc2ccc(Cl)cc2F)c1. The van der Waals surface area contributed by atoms with Crippen molar-refractivity contribution in [1.82, 2.24) is 9.78 Å². The molecule has 0 bridgehead atoms. The molecule has 0 aliphatic rings. The van der Waals surface area contributed by atoms with Crippen molar-refractivity contribution in [3.05, 3.63) is 123 Å². The Morgan fingerprint density at radius 3 is 2.10 bits per heavy atom. The molecule has 0 spiro atoms. The zero-order valence-corrected chi connectivity index (χ0v) is 21.0. The Morgan fingerprint density at radius 1 is 0.725 bits per heavy atom. The molecular weight excluding hydrogens is 564 g/mol. The number of benzene rings is 4. The summed E-state index contributed by atoms with van der Waals surface area (Å²) in [6.07, 6.45) is -9.48. The highest BCUT2D eigenvalue weighted by Gasteiger charge is 2.35. The zero-order chi connectivity index (χ0) is 28.8. The summed E-state index contributed by atoms with van der Waals surface area (Å²) in [6.45, 7) is -0.220. The Kier molecular flexibility index (Phi) is 7.08. The van der Waals surface area contributed by atoms with Crippen LogP contribution in [0.4, 0.5) is 35.1 Å². The lowest BCUT2D eigenvalue weighted by molar-refractivity contribution is -0.138. The Balaban J connectivity index is 1.61. The molecule has 0 aliphatic heterocycles. The van der Waals surface area contributed by atoms with E-state index < -0.39 is 35.1 Å². The van der Waals surface area contributed by atoms with Crippen molar-refractivity contribution in [3.8, 4) is 11.3 Å². The van der Waals surface area contributed by atoms with Crippen LogP contribution in [-0.2, 0) is 25.3 Å². The average Bonchev–Trinajstić information content (AvgIpc) is 3.24. The second-order valence-corrected chi connectivity index (χ2v) is 9.56. The molecular formula is C29H17ClF8N2. The van der Waals surface area contributed by atoms with Crippen LogP contribution in [-0.4, -0.2) is 9.78 Å². The van der Waals surface area contributed by atoms with Crippen molar-refractivity contribution < 1.29 is 35.1 Å². The average molecular weight is 581 g/mol. The maximum absolute atomic E-state index is 14.6. The van der Waals surface area contributed by atoms with E-state index in [1.807, 2.05) is 0 Å². The molecule has 0 fully saturated rings. The van der Waals surface area contributed by atoms with Crippen LogP contribution in [0.5, 0.6) is 0 Å². The van der Waals surface area contributed by atoms with Crippen molar-refractivity contribution in [3.63, 3.8) is 0 Å². The number of aromatic nitrogens is 2. The molecule has 0 radical (unpaired) electrons. The van der Waals surface area contributed by atoms with Crippen LogP contribution in [0.15, 0.2) is 78.9 Å². The van der Waals surface area contributed by atoms with Crippen LogP contribution in [0.3, 0.4) is 0 Å².